The molecule has 96 valence electrons. The lowest BCUT2D eigenvalue weighted by atomic mass is 10.3. The summed E-state index contributed by atoms with van der Waals surface area (Å²) in [6.07, 6.45) is 0.443. The Balaban J connectivity index is 2.07. The molecule has 1 heterocycles. The maximum atomic E-state index is 11.5. The first kappa shape index (κ1) is 12.9. The fraction of sp³-hybridized carbons (Fsp3) is 0.333. The normalized spacial score (nSPS) is 21.1. The molecule has 0 aliphatic carbocycles. The first-order chi connectivity index (χ1) is 8.72. The number of carbonyl (C=O) groups excluding carboxylic acids is 1. The fourth-order valence-corrected chi connectivity index (χ4v) is 2.52. The van der Waals surface area contributed by atoms with Crippen molar-refractivity contribution in [1.29, 1.82) is 0 Å². The van der Waals surface area contributed by atoms with E-state index in [1.54, 1.807) is 7.11 Å². The van der Waals surface area contributed by atoms with Gasteiger partial charge < -0.3 is 15.2 Å². The van der Waals surface area contributed by atoms with E-state index in [2.05, 4.69) is 10.3 Å². The van der Waals surface area contributed by atoms with Gasteiger partial charge in [0.25, 0.3) is 0 Å². The topological polar surface area (TPSA) is 70.9 Å². The van der Waals surface area contributed by atoms with Crippen LogP contribution in [0.25, 0.3) is 0 Å². The fourth-order valence-electron chi connectivity index (χ4n) is 1.54. The Labute approximate surface area is 109 Å². The number of thioether (sulfide) groups is 1. The van der Waals surface area contributed by atoms with Crippen molar-refractivity contribution in [2.45, 2.75) is 11.7 Å². The summed E-state index contributed by atoms with van der Waals surface area (Å²) in [4.78, 5) is 15.8. The molecule has 1 aliphatic rings. The number of amidine groups is 1. The van der Waals surface area contributed by atoms with Crippen LogP contribution in [0.3, 0.4) is 0 Å². The Bertz CT molecular complexity index is 459. The van der Waals surface area contributed by atoms with Crippen molar-refractivity contribution in [2.24, 2.45) is 4.99 Å². The lowest BCUT2D eigenvalue weighted by molar-refractivity contribution is -0.119. The Morgan fingerprint density at radius 3 is 2.78 bits per heavy atom. The van der Waals surface area contributed by atoms with Gasteiger partial charge in [-0.2, -0.15) is 0 Å². The van der Waals surface area contributed by atoms with Gasteiger partial charge in [0.05, 0.1) is 18.0 Å². The molecule has 0 radical (unpaired) electrons. The Kier molecular flexibility index (Phi) is 4.22. The van der Waals surface area contributed by atoms with Crippen LogP contribution in [-0.4, -0.2) is 35.1 Å². The van der Waals surface area contributed by atoms with Crippen molar-refractivity contribution in [3.63, 3.8) is 0 Å². The number of aliphatic hydroxyl groups is 1. The van der Waals surface area contributed by atoms with Crippen LogP contribution in [0.1, 0.15) is 6.42 Å². The van der Waals surface area contributed by atoms with Gasteiger partial charge in [0, 0.05) is 6.61 Å². The lowest BCUT2D eigenvalue weighted by Crippen LogP contribution is -2.25. The number of hydrogen-bond acceptors (Lipinski definition) is 5. The molecule has 18 heavy (non-hydrogen) atoms. The first-order valence-corrected chi connectivity index (χ1v) is 6.42. The lowest BCUT2D eigenvalue weighted by Gasteiger charge is -2.00. The van der Waals surface area contributed by atoms with E-state index in [1.807, 2.05) is 24.3 Å². The van der Waals surface area contributed by atoms with Gasteiger partial charge in [0.2, 0.25) is 5.91 Å². The Morgan fingerprint density at radius 2 is 2.17 bits per heavy atom. The highest BCUT2D eigenvalue weighted by Crippen LogP contribution is 2.25. The van der Waals surface area contributed by atoms with Gasteiger partial charge >= 0.3 is 0 Å². The van der Waals surface area contributed by atoms with Gasteiger partial charge in [-0.1, -0.05) is 11.8 Å². The molecule has 1 atom stereocenters. The maximum Gasteiger partial charge on any atom is 0.239 e. The molecule has 1 unspecified atom stereocenters. The van der Waals surface area contributed by atoms with E-state index >= 15 is 0 Å². The van der Waals surface area contributed by atoms with Gasteiger partial charge in [0.15, 0.2) is 5.17 Å². The van der Waals surface area contributed by atoms with Gasteiger partial charge in [-0.25, -0.2) is 4.99 Å². The summed E-state index contributed by atoms with van der Waals surface area (Å²) < 4.78 is 5.05. The van der Waals surface area contributed by atoms with Crippen molar-refractivity contribution in [3.8, 4) is 5.75 Å². The maximum absolute atomic E-state index is 11.5. The van der Waals surface area contributed by atoms with Crippen LogP contribution in [0, 0.1) is 0 Å². The quantitative estimate of drug-likeness (QED) is 0.861. The number of aliphatic imine (C=N–C) groups is 1. The highest BCUT2D eigenvalue weighted by molar-refractivity contribution is 8.15. The van der Waals surface area contributed by atoms with Crippen molar-refractivity contribution in [1.82, 2.24) is 5.32 Å². The zero-order valence-electron chi connectivity index (χ0n) is 9.92. The van der Waals surface area contributed by atoms with Gasteiger partial charge in [-0.05, 0) is 30.7 Å². The second kappa shape index (κ2) is 5.88. The molecule has 2 rings (SSSR count). The van der Waals surface area contributed by atoms with E-state index in [1.165, 1.54) is 11.8 Å². The number of amides is 1. The smallest absolute Gasteiger partial charge is 0.239 e. The summed E-state index contributed by atoms with van der Waals surface area (Å²) in [5.41, 5.74) is 0.753. The van der Waals surface area contributed by atoms with Crippen LogP contribution in [-0.2, 0) is 4.79 Å². The molecule has 0 spiro atoms. The number of ether oxygens (including phenoxy) is 1. The highest BCUT2D eigenvalue weighted by Gasteiger charge is 2.29. The zero-order valence-corrected chi connectivity index (χ0v) is 10.7. The summed E-state index contributed by atoms with van der Waals surface area (Å²) in [6.45, 7) is 0.000895. The summed E-state index contributed by atoms with van der Waals surface area (Å²) in [7, 11) is 1.60. The van der Waals surface area contributed by atoms with Gasteiger partial charge in [-0.3, -0.25) is 4.79 Å². The number of aliphatic hydroxyl groups excluding tert-OH is 1. The Hall–Kier alpha value is -1.53. The zero-order chi connectivity index (χ0) is 13.0. The molecule has 1 aromatic rings. The summed E-state index contributed by atoms with van der Waals surface area (Å²) in [5, 5.41) is 11.9. The van der Waals surface area contributed by atoms with E-state index in [4.69, 9.17) is 9.84 Å². The number of nitrogens with one attached hydrogen (secondary N) is 1. The molecule has 0 bridgehead atoms. The molecule has 0 aromatic heterocycles. The van der Waals surface area contributed by atoms with Crippen LogP contribution < -0.4 is 10.1 Å². The number of hydrogen-bond donors (Lipinski definition) is 2. The minimum Gasteiger partial charge on any atom is -0.497 e. The van der Waals surface area contributed by atoms with Crippen LogP contribution >= 0.6 is 11.8 Å². The standard InChI is InChI=1S/C12H14N2O3S/c1-17-9-4-2-8(3-5-9)13-12-14-11(16)10(18-12)6-7-15/h2-5,10,15H,6-7H2,1H3,(H,13,14,16). The van der Waals surface area contributed by atoms with Crippen molar-refractivity contribution < 1.29 is 14.6 Å². The van der Waals surface area contributed by atoms with Crippen LogP contribution in [0.15, 0.2) is 29.3 Å². The first-order valence-electron chi connectivity index (χ1n) is 5.54. The largest absolute Gasteiger partial charge is 0.497 e. The average molecular weight is 266 g/mol. The van der Waals surface area contributed by atoms with Gasteiger partial charge in [0.1, 0.15) is 5.75 Å². The predicted molar refractivity (Wildman–Crippen MR) is 71.3 cm³/mol. The third-order valence-corrected chi connectivity index (χ3v) is 3.62. The van der Waals surface area contributed by atoms with Crippen molar-refractivity contribution >= 4 is 28.5 Å². The molecule has 1 saturated heterocycles. The molecule has 1 aliphatic heterocycles. The molecule has 1 amide bonds. The van der Waals surface area contributed by atoms with Crippen molar-refractivity contribution in [3.05, 3.63) is 24.3 Å². The number of methoxy groups -OCH3 is 1. The summed E-state index contributed by atoms with van der Waals surface area (Å²) in [5.74, 6) is 0.668. The third kappa shape index (κ3) is 3.02. The number of carbonyl (C=O) groups is 1. The van der Waals surface area contributed by atoms with E-state index in [0.29, 0.717) is 11.6 Å². The van der Waals surface area contributed by atoms with Crippen molar-refractivity contribution in [2.75, 3.05) is 13.7 Å². The van der Waals surface area contributed by atoms with E-state index < -0.39 is 0 Å². The minimum absolute atomic E-state index is 0.000895. The molecular weight excluding hydrogens is 252 g/mol. The monoisotopic (exact) mass is 266 g/mol. The second-order valence-electron chi connectivity index (χ2n) is 3.72. The molecule has 1 aromatic carbocycles. The summed E-state index contributed by atoms with van der Waals surface area (Å²) in [6, 6.07) is 7.26. The predicted octanol–water partition coefficient (Wildman–Crippen LogP) is 1.30. The Morgan fingerprint density at radius 1 is 1.44 bits per heavy atom. The molecule has 6 heteroatoms. The number of nitrogens with zero attached hydrogens (tertiary/aromatic N) is 1. The van der Waals surface area contributed by atoms with E-state index in [-0.39, 0.29) is 17.8 Å². The second-order valence-corrected chi connectivity index (χ2v) is 4.91. The van der Waals surface area contributed by atoms with Crippen LogP contribution in [0.2, 0.25) is 0 Å². The molecular formula is C12H14N2O3S. The van der Waals surface area contributed by atoms with E-state index in [9.17, 15) is 4.79 Å². The molecule has 1 fully saturated rings. The molecule has 2 N–H and O–H groups in total. The highest BCUT2D eigenvalue weighted by atomic mass is 32.2. The summed E-state index contributed by atoms with van der Waals surface area (Å²) >= 11 is 1.35. The van der Waals surface area contributed by atoms with Crippen LogP contribution in [0.5, 0.6) is 5.75 Å². The SMILES string of the molecule is COc1ccc(N=C2NC(=O)C(CCO)S2)cc1. The average Bonchev–Trinajstić information content (AvgIpc) is 2.71. The van der Waals surface area contributed by atoms with E-state index in [0.717, 1.165) is 11.4 Å². The third-order valence-electron chi connectivity index (χ3n) is 2.47. The molecule has 5 nitrogen and oxygen atoms in total. The molecule has 0 saturated carbocycles. The number of benzene rings is 1. The number of rotatable bonds is 4. The minimum atomic E-state index is -0.244. The van der Waals surface area contributed by atoms with Crippen LogP contribution in [0.4, 0.5) is 5.69 Å². The van der Waals surface area contributed by atoms with Gasteiger partial charge in [-0.15, -0.1) is 0 Å².